The summed E-state index contributed by atoms with van der Waals surface area (Å²) in [5.41, 5.74) is 0.00128. The van der Waals surface area contributed by atoms with Crippen molar-refractivity contribution < 1.29 is 34.4 Å². The molecule has 1 aliphatic heterocycles. The van der Waals surface area contributed by atoms with Crippen LogP contribution in [0.5, 0.6) is 5.75 Å². The summed E-state index contributed by atoms with van der Waals surface area (Å²) in [6.45, 7) is 4.70. The van der Waals surface area contributed by atoms with Crippen molar-refractivity contribution in [3.8, 4) is 10.8 Å². The molecule has 2 atom stereocenters. The van der Waals surface area contributed by atoms with Crippen LogP contribution in [0.4, 0.5) is 5.00 Å². The molecule has 3 aromatic rings. The van der Waals surface area contributed by atoms with E-state index in [-0.39, 0.29) is 18.8 Å². The van der Waals surface area contributed by atoms with E-state index < -0.39 is 29.9 Å². The molecule has 1 saturated carbocycles. The van der Waals surface area contributed by atoms with Gasteiger partial charge in [0.1, 0.15) is 27.4 Å². The lowest BCUT2D eigenvalue weighted by molar-refractivity contribution is -0.154. The molecule has 2 aromatic heterocycles. The number of ether oxygens (including phenoxy) is 2. The molecule has 3 N–H and O–H groups in total. The lowest BCUT2D eigenvalue weighted by Gasteiger charge is -2.47. The molecule has 0 bridgehead atoms. The van der Waals surface area contributed by atoms with E-state index in [1.807, 2.05) is 24.3 Å². The number of aliphatic carboxylic acids is 1. The number of hydrogen-bond acceptors (Lipinski definition) is 9. The van der Waals surface area contributed by atoms with Crippen molar-refractivity contribution in [3.63, 3.8) is 0 Å². The van der Waals surface area contributed by atoms with Gasteiger partial charge in [0, 0.05) is 23.5 Å². The standard InChI is InChI=1S/C29H36N4O7S/c1-17-23-24(35)33(29(2,3)27(36)37)28(38)31(26(23)41-25(17)32-15-7-14-30-32)16-22(20-8-5-6-9-21(20)39-4)40-19-12-10-18(34)11-13-19/h5-9,14-15,18-19,22,28,34,38H,10-13,16H2,1-4H3,(H,36,37)/t18?,19?,22-,28?/m0/s1. The summed E-state index contributed by atoms with van der Waals surface area (Å²) in [6.07, 6.45) is 3.36. The van der Waals surface area contributed by atoms with E-state index in [1.54, 1.807) is 42.1 Å². The normalized spacial score (nSPS) is 22.0. The van der Waals surface area contributed by atoms with Crippen molar-refractivity contribution in [2.45, 2.75) is 76.7 Å². The smallest absolute Gasteiger partial charge is 0.329 e. The van der Waals surface area contributed by atoms with Crippen LogP contribution in [0.1, 0.15) is 67.1 Å². The Morgan fingerprint density at radius 3 is 2.49 bits per heavy atom. The highest BCUT2D eigenvalue weighted by Crippen LogP contribution is 2.46. The molecule has 1 unspecified atom stereocenters. The Balaban J connectivity index is 1.61. The third kappa shape index (κ3) is 5.32. The number of carbonyl (C=O) groups is 2. The number of aliphatic hydroxyl groups excluding tert-OH is 2. The first kappa shape index (κ1) is 29.1. The van der Waals surface area contributed by atoms with Crippen molar-refractivity contribution in [2.24, 2.45) is 0 Å². The molecule has 3 heterocycles. The third-order valence-corrected chi connectivity index (χ3v) is 9.31. The zero-order chi connectivity index (χ0) is 29.5. The molecule has 11 nitrogen and oxygen atoms in total. The number of aromatic nitrogens is 2. The zero-order valence-corrected chi connectivity index (χ0v) is 24.4. The van der Waals surface area contributed by atoms with Crippen molar-refractivity contribution in [3.05, 3.63) is 59.4 Å². The molecule has 12 heteroatoms. The van der Waals surface area contributed by atoms with Gasteiger partial charge in [-0.1, -0.05) is 29.5 Å². The topological polar surface area (TPSA) is 138 Å². The third-order valence-electron chi connectivity index (χ3n) is 7.99. The van der Waals surface area contributed by atoms with Gasteiger partial charge in [-0.2, -0.15) is 5.10 Å². The quantitative estimate of drug-likeness (QED) is 0.344. The maximum absolute atomic E-state index is 13.9. The van der Waals surface area contributed by atoms with E-state index in [1.165, 1.54) is 25.2 Å². The minimum atomic E-state index is -1.72. The van der Waals surface area contributed by atoms with Crippen LogP contribution in [0.3, 0.4) is 0 Å². The van der Waals surface area contributed by atoms with Gasteiger partial charge in [0.2, 0.25) is 6.35 Å². The highest BCUT2D eigenvalue weighted by atomic mass is 32.1. The number of anilines is 1. The van der Waals surface area contributed by atoms with Gasteiger partial charge in [-0.3, -0.25) is 9.69 Å². The van der Waals surface area contributed by atoms with Gasteiger partial charge < -0.3 is 29.7 Å². The molecule has 0 radical (unpaired) electrons. The second kappa shape index (κ2) is 11.4. The average Bonchev–Trinajstić information content (AvgIpc) is 3.59. The number of hydrogen-bond donors (Lipinski definition) is 3. The number of thiophene rings is 1. The van der Waals surface area contributed by atoms with E-state index in [0.29, 0.717) is 52.6 Å². The van der Waals surface area contributed by atoms with Gasteiger partial charge >= 0.3 is 5.97 Å². The second-order valence-electron chi connectivity index (χ2n) is 11.0. The Labute approximate surface area is 242 Å². The number of amides is 1. The number of carboxylic acids is 1. The number of aliphatic hydroxyl groups is 2. The van der Waals surface area contributed by atoms with Crippen molar-refractivity contribution >= 4 is 28.2 Å². The highest BCUT2D eigenvalue weighted by Gasteiger charge is 2.50. The number of nitrogens with zero attached hydrogens (tertiary/aromatic N) is 4. The number of carbonyl (C=O) groups excluding carboxylic acids is 1. The molecule has 41 heavy (non-hydrogen) atoms. The van der Waals surface area contributed by atoms with Crippen LogP contribution in [0.15, 0.2) is 42.7 Å². The van der Waals surface area contributed by atoms with Gasteiger partial charge in [-0.05, 0) is 58.6 Å². The van der Waals surface area contributed by atoms with Crippen LogP contribution in [0.2, 0.25) is 0 Å². The number of rotatable bonds is 9. The van der Waals surface area contributed by atoms with Crippen LogP contribution in [-0.4, -0.2) is 79.6 Å². The fourth-order valence-electron chi connectivity index (χ4n) is 5.58. The molecular weight excluding hydrogens is 548 g/mol. The second-order valence-corrected chi connectivity index (χ2v) is 12.0. The van der Waals surface area contributed by atoms with E-state index in [4.69, 9.17) is 9.47 Å². The molecule has 5 rings (SSSR count). The molecule has 1 amide bonds. The molecule has 0 spiro atoms. The summed E-state index contributed by atoms with van der Waals surface area (Å²) < 4.78 is 14.0. The lowest BCUT2D eigenvalue weighted by Crippen LogP contribution is -2.65. The number of fused-ring (bicyclic) bond motifs is 1. The lowest BCUT2D eigenvalue weighted by atomic mass is 9.94. The van der Waals surface area contributed by atoms with E-state index >= 15 is 0 Å². The maximum atomic E-state index is 13.9. The fourth-order valence-corrected chi connectivity index (χ4v) is 6.85. The SMILES string of the molecule is COc1ccccc1[C@H](CN1c2sc(-n3cccn3)c(C)c2C(=O)N(C(C)(C)C(=O)O)C1O)OC1CCC(O)CC1. The fraction of sp³-hybridized carbons (Fsp3) is 0.483. The number of methoxy groups -OCH3 is 1. The van der Waals surface area contributed by atoms with Gasteiger partial charge in [-0.15, -0.1) is 0 Å². The summed E-state index contributed by atoms with van der Waals surface area (Å²) in [6, 6.07) is 9.25. The summed E-state index contributed by atoms with van der Waals surface area (Å²) in [5.74, 6) is -1.20. The van der Waals surface area contributed by atoms with Gasteiger partial charge in [0.25, 0.3) is 5.91 Å². The molecule has 1 fully saturated rings. The Kier molecular flexibility index (Phi) is 8.11. The molecule has 1 aromatic carbocycles. The first-order chi connectivity index (χ1) is 19.5. The highest BCUT2D eigenvalue weighted by molar-refractivity contribution is 7.19. The molecule has 0 saturated heterocycles. The Bertz CT molecular complexity index is 1400. The van der Waals surface area contributed by atoms with Crippen LogP contribution in [-0.2, 0) is 9.53 Å². The predicted molar refractivity (Wildman–Crippen MR) is 152 cm³/mol. The minimum absolute atomic E-state index is 0.103. The van der Waals surface area contributed by atoms with E-state index in [0.717, 1.165) is 10.5 Å². The van der Waals surface area contributed by atoms with Crippen LogP contribution in [0, 0.1) is 6.92 Å². The van der Waals surface area contributed by atoms with E-state index in [2.05, 4.69) is 5.10 Å². The first-order valence-corrected chi connectivity index (χ1v) is 14.5. The summed E-state index contributed by atoms with van der Waals surface area (Å²) >= 11 is 1.30. The first-order valence-electron chi connectivity index (χ1n) is 13.7. The average molecular weight is 585 g/mol. The van der Waals surface area contributed by atoms with Crippen LogP contribution in [0.25, 0.3) is 5.00 Å². The van der Waals surface area contributed by atoms with Crippen LogP contribution >= 0.6 is 11.3 Å². The van der Waals surface area contributed by atoms with Crippen molar-refractivity contribution in [1.29, 1.82) is 0 Å². The van der Waals surface area contributed by atoms with Crippen LogP contribution < -0.4 is 9.64 Å². The molecule has 2 aliphatic rings. The van der Waals surface area contributed by atoms with E-state index in [9.17, 15) is 24.9 Å². The van der Waals surface area contributed by atoms with Gasteiger partial charge in [-0.25, -0.2) is 9.48 Å². The Morgan fingerprint density at radius 1 is 1.15 bits per heavy atom. The molecular formula is C29H36N4O7S. The molecule has 220 valence electrons. The monoisotopic (exact) mass is 584 g/mol. The summed E-state index contributed by atoms with van der Waals surface area (Å²) in [7, 11) is 1.58. The minimum Gasteiger partial charge on any atom is -0.496 e. The predicted octanol–water partition coefficient (Wildman–Crippen LogP) is 3.71. The molecule has 1 aliphatic carbocycles. The summed E-state index contributed by atoms with van der Waals surface area (Å²) in [4.78, 5) is 28.9. The zero-order valence-electron chi connectivity index (χ0n) is 23.6. The number of para-hydroxylation sites is 1. The summed E-state index contributed by atoms with van der Waals surface area (Å²) in [5, 5.41) is 37.4. The Morgan fingerprint density at radius 2 is 1.85 bits per heavy atom. The number of benzene rings is 1. The number of carboxylic acid groups (broad SMARTS) is 1. The maximum Gasteiger partial charge on any atom is 0.329 e. The Hall–Kier alpha value is -3.45. The van der Waals surface area contributed by atoms with Crippen molar-refractivity contribution in [2.75, 3.05) is 18.6 Å². The van der Waals surface area contributed by atoms with Gasteiger partial charge in [0.05, 0.1) is 31.4 Å². The largest absolute Gasteiger partial charge is 0.496 e. The van der Waals surface area contributed by atoms with Gasteiger partial charge in [0.15, 0.2) is 0 Å². The van der Waals surface area contributed by atoms with Crippen molar-refractivity contribution in [1.82, 2.24) is 14.7 Å².